The van der Waals surface area contributed by atoms with Crippen LogP contribution in [-0.4, -0.2) is 15.0 Å². The molecule has 2 heterocycles. The number of hydrogen-bond donors (Lipinski definition) is 1. The van der Waals surface area contributed by atoms with Gasteiger partial charge in [0.25, 0.3) is 0 Å². The van der Waals surface area contributed by atoms with E-state index >= 15 is 0 Å². The van der Waals surface area contributed by atoms with Crippen LogP contribution in [-0.2, 0) is 58.4 Å². The summed E-state index contributed by atoms with van der Waals surface area (Å²) in [5.74, 6) is 0.848. The van der Waals surface area contributed by atoms with E-state index < -0.39 is 17.2 Å². The molecular formula is C10H7N3O6P2SZn3. The fourth-order valence-electron chi connectivity index (χ4n) is 1.39. The molecule has 0 fully saturated rings. The first-order valence-corrected chi connectivity index (χ1v) is 8.45. The Hall–Kier alpha value is 0.810. The first kappa shape index (κ1) is 30.5. The minimum atomic E-state index is -3.37. The van der Waals surface area contributed by atoms with Gasteiger partial charge in [0, 0.05) is 11.6 Å². The van der Waals surface area contributed by atoms with Gasteiger partial charge in [-0.2, -0.15) is 0 Å². The molecule has 0 atom stereocenters. The predicted octanol–water partition coefficient (Wildman–Crippen LogP) is -2.73. The van der Waals surface area contributed by atoms with Gasteiger partial charge in [-0.3, -0.25) is 0 Å². The normalized spacial score (nSPS) is 8.96. The number of rotatable bonds is 1. The average Bonchev–Trinajstić information content (AvgIpc) is 3.06. The molecule has 0 saturated heterocycles. The molecule has 0 bridgehead atoms. The van der Waals surface area contributed by atoms with Gasteiger partial charge in [0.05, 0.1) is 11.0 Å². The molecule has 9 nitrogen and oxygen atoms in total. The van der Waals surface area contributed by atoms with E-state index in [0.29, 0.717) is 0 Å². The third-order valence-corrected chi connectivity index (χ3v) is 2.80. The van der Waals surface area contributed by atoms with E-state index in [0.717, 1.165) is 21.9 Å². The first-order valence-electron chi connectivity index (χ1n) is 5.37. The summed E-state index contributed by atoms with van der Waals surface area (Å²) in [5.41, 5.74) is 2.04. The van der Waals surface area contributed by atoms with Gasteiger partial charge in [-0.25, -0.2) is 9.97 Å². The van der Waals surface area contributed by atoms with Gasteiger partial charge in [-0.1, -0.05) is 12.1 Å². The topological polar surface area (TPSA) is 180 Å². The molecule has 0 aliphatic rings. The van der Waals surface area contributed by atoms with Crippen molar-refractivity contribution in [3.63, 3.8) is 0 Å². The average molecular weight is 555 g/mol. The van der Waals surface area contributed by atoms with Crippen LogP contribution in [0.15, 0.2) is 35.8 Å². The van der Waals surface area contributed by atoms with Gasteiger partial charge < -0.3 is 51.5 Å². The number of aromatic nitrogens is 3. The molecule has 0 spiro atoms. The molecule has 15 heteroatoms. The van der Waals surface area contributed by atoms with Crippen molar-refractivity contribution in [1.29, 1.82) is 0 Å². The minimum absolute atomic E-state index is 0. The Bertz CT molecular complexity index is 632. The molecule has 25 heavy (non-hydrogen) atoms. The van der Waals surface area contributed by atoms with Gasteiger partial charge in [-0.05, 0) is 12.1 Å². The number of hydrogen-bond acceptors (Lipinski definition) is 9. The van der Waals surface area contributed by atoms with Crippen LogP contribution in [0.1, 0.15) is 0 Å². The fourth-order valence-corrected chi connectivity index (χ4v) is 1.98. The molecule has 0 unspecified atom stereocenters. The van der Waals surface area contributed by atoms with Crippen LogP contribution in [0.5, 0.6) is 0 Å². The van der Waals surface area contributed by atoms with Crippen LogP contribution in [0, 0.1) is 0 Å². The number of imidazole rings is 1. The zero-order valence-electron chi connectivity index (χ0n) is 12.7. The van der Waals surface area contributed by atoms with E-state index in [9.17, 15) is 0 Å². The predicted molar refractivity (Wildman–Crippen MR) is 71.0 cm³/mol. The number of aromatic amines is 1. The molecule has 0 amide bonds. The molecule has 3 aromatic rings. The second-order valence-corrected chi connectivity index (χ2v) is 5.18. The SMILES string of the molecule is [O-]P([O-])[O-].[O-]P([O-])[O-].[Zn+2].[Zn+2].[Zn+2].c1ccc2[nH]c(-c3nccs3)nc2c1. The van der Waals surface area contributed by atoms with Gasteiger partial charge in [0.1, 0.15) is 0 Å². The van der Waals surface area contributed by atoms with Crippen LogP contribution >= 0.6 is 28.5 Å². The number of thiazole rings is 1. The first-order chi connectivity index (χ1) is 10.4. The second-order valence-electron chi connectivity index (χ2n) is 3.39. The Morgan fingerprint density at radius 2 is 1.40 bits per heavy atom. The van der Waals surface area contributed by atoms with Crippen LogP contribution < -0.4 is 29.4 Å². The summed E-state index contributed by atoms with van der Waals surface area (Å²) in [6.07, 6.45) is 1.78. The maximum atomic E-state index is 8.48. The number of nitrogens with zero attached hydrogens (tertiary/aromatic N) is 2. The number of H-pyrrole nitrogens is 1. The quantitative estimate of drug-likeness (QED) is 0.248. The number of para-hydroxylation sites is 2. The van der Waals surface area contributed by atoms with Crippen molar-refractivity contribution < 1.29 is 87.8 Å². The van der Waals surface area contributed by atoms with E-state index in [-0.39, 0.29) is 58.4 Å². The number of benzene rings is 1. The van der Waals surface area contributed by atoms with Gasteiger partial charge >= 0.3 is 58.4 Å². The Kier molecular flexibility index (Phi) is 20.7. The summed E-state index contributed by atoms with van der Waals surface area (Å²) in [6, 6.07) is 7.98. The molecule has 0 radical (unpaired) electrons. The van der Waals surface area contributed by atoms with Crippen molar-refractivity contribution in [2.24, 2.45) is 0 Å². The summed E-state index contributed by atoms with van der Waals surface area (Å²) < 4.78 is 0. The van der Waals surface area contributed by atoms with Crippen molar-refractivity contribution >= 4 is 39.6 Å². The van der Waals surface area contributed by atoms with Gasteiger partial charge in [-0.15, -0.1) is 11.3 Å². The van der Waals surface area contributed by atoms with E-state index in [1.165, 1.54) is 0 Å². The smallest absolute Gasteiger partial charge is 0.854 e. The van der Waals surface area contributed by atoms with E-state index in [4.69, 9.17) is 29.4 Å². The molecular weight excluding hydrogens is 548 g/mol. The third kappa shape index (κ3) is 13.6. The Balaban J connectivity index is -0.000000383. The van der Waals surface area contributed by atoms with Gasteiger partial charge in [0.2, 0.25) is 0 Å². The van der Waals surface area contributed by atoms with Crippen molar-refractivity contribution in [1.82, 2.24) is 15.0 Å². The second kappa shape index (κ2) is 16.9. The third-order valence-electron chi connectivity index (χ3n) is 2.02. The Labute approximate surface area is 187 Å². The Morgan fingerprint density at radius 1 is 0.880 bits per heavy atom. The summed E-state index contributed by atoms with van der Waals surface area (Å²) in [7, 11) is -6.74. The summed E-state index contributed by atoms with van der Waals surface area (Å²) in [4.78, 5) is 62.8. The summed E-state index contributed by atoms with van der Waals surface area (Å²) in [5, 5.41) is 2.88. The van der Waals surface area contributed by atoms with Crippen LogP contribution in [0.2, 0.25) is 0 Å². The van der Waals surface area contributed by atoms with Crippen molar-refractivity contribution in [2.75, 3.05) is 0 Å². The van der Waals surface area contributed by atoms with Crippen molar-refractivity contribution in [3.05, 3.63) is 35.8 Å². The molecule has 120 valence electrons. The van der Waals surface area contributed by atoms with Gasteiger partial charge in [0.15, 0.2) is 10.8 Å². The molecule has 0 saturated carbocycles. The van der Waals surface area contributed by atoms with Crippen molar-refractivity contribution in [3.8, 4) is 10.8 Å². The number of fused-ring (bicyclic) bond motifs is 1. The minimum Gasteiger partial charge on any atom is -0.854 e. The maximum absolute atomic E-state index is 8.48. The van der Waals surface area contributed by atoms with E-state index in [2.05, 4.69) is 15.0 Å². The molecule has 0 aliphatic heterocycles. The van der Waals surface area contributed by atoms with Crippen LogP contribution in [0.4, 0.5) is 0 Å². The zero-order valence-corrected chi connectivity index (χ0v) is 24.2. The zero-order chi connectivity index (χ0) is 16.5. The largest absolute Gasteiger partial charge is 2.00 e. The van der Waals surface area contributed by atoms with E-state index in [1.807, 2.05) is 29.6 Å². The van der Waals surface area contributed by atoms with E-state index in [1.54, 1.807) is 17.5 Å². The monoisotopic (exact) mass is 551 g/mol. The Morgan fingerprint density at radius 3 is 1.84 bits per heavy atom. The summed E-state index contributed by atoms with van der Waals surface area (Å²) in [6.45, 7) is 0. The van der Waals surface area contributed by atoms with Crippen molar-refractivity contribution in [2.45, 2.75) is 0 Å². The molecule has 1 N–H and O–H groups in total. The van der Waals surface area contributed by atoms with Crippen LogP contribution in [0.25, 0.3) is 21.9 Å². The summed E-state index contributed by atoms with van der Waals surface area (Å²) >= 11 is 1.59. The van der Waals surface area contributed by atoms with Crippen LogP contribution in [0.3, 0.4) is 0 Å². The molecule has 1 aromatic carbocycles. The molecule has 2 aromatic heterocycles. The number of nitrogens with one attached hydrogen (secondary N) is 1. The standard InChI is InChI=1S/C10H7N3S.2O3P.3Zn/c1-2-4-8-7(3-1)12-9(13-8)10-11-5-6-14-10;2*1-4(2)3;;;/h1-6H,(H,12,13);;;;;/q;2*-3;3*+2. The molecule has 0 aliphatic carbocycles. The fraction of sp³-hybridized carbons (Fsp3) is 0. The maximum Gasteiger partial charge on any atom is 2.00 e. The molecule has 3 rings (SSSR count).